The topological polar surface area (TPSA) is 13.0 Å². The number of likely N-dealkylation sites (tertiary alicyclic amines) is 3. The van der Waals surface area contributed by atoms with Gasteiger partial charge in [-0.3, -0.25) is 19.6 Å². The fraction of sp³-hybridized carbons (Fsp3) is 1.00. The zero-order valence-electron chi connectivity index (χ0n) is 16.8. The van der Waals surface area contributed by atoms with E-state index in [2.05, 4.69) is 61.1 Å². The Labute approximate surface area is 149 Å². The Balaban J connectivity index is 1.35. The van der Waals surface area contributed by atoms with Crippen molar-refractivity contribution >= 4 is 0 Å². The summed E-state index contributed by atoms with van der Waals surface area (Å²) in [7, 11) is 0. The van der Waals surface area contributed by atoms with Crippen LogP contribution in [0.2, 0.25) is 0 Å². The van der Waals surface area contributed by atoms with Crippen molar-refractivity contribution in [1.82, 2.24) is 19.6 Å². The quantitative estimate of drug-likeness (QED) is 0.769. The molecule has 0 aromatic rings. The Morgan fingerprint density at radius 2 is 1.33 bits per heavy atom. The summed E-state index contributed by atoms with van der Waals surface area (Å²) in [5.41, 5.74) is 0.667. The number of fused-ring (bicyclic) bond motifs is 4. The van der Waals surface area contributed by atoms with Gasteiger partial charge in [-0.25, -0.2) is 0 Å². The third kappa shape index (κ3) is 2.94. The van der Waals surface area contributed by atoms with Gasteiger partial charge in [0.15, 0.2) is 0 Å². The first-order chi connectivity index (χ1) is 11.1. The number of nitrogens with zero attached hydrogens (tertiary/aromatic N) is 4. The Hall–Kier alpha value is -0.160. The first-order valence-electron chi connectivity index (χ1n) is 10.1. The normalized spacial score (nSPS) is 39.2. The maximum atomic E-state index is 2.82. The second-order valence-corrected chi connectivity index (χ2v) is 10.8. The molecule has 0 N–H and O–H groups in total. The fourth-order valence-electron chi connectivity index (χ4n) is 6.20. The summed E-state index contributed by atoms with van der Waals surface area (Å²) < 4.78 is 0. The van der Waals surface area contributed by atoms with Crippen LogP contribution in [0, 0.1) is 0 Å². The van der Waals surface area contributed by atoms with E-state index in [1.807, 2.05) is 0 Å². The molecule has 0 saturated carbocycles. The zero-order valence-corrected chi connectivity index (χ0v) is 16.8. The molecule has 4 atom stereocenters. The molecule has 4 saturated heterocycles. The maximum absolute atomic E-state index is 2.82. The molecule has 4 nitrogen and oxygen atoms in total. The van der Waals surface area contributed by atoms with E-state index in [9.17, 15) is 0 Å². The van der Waals surface area contributed by atoms with Crippen molar-refractivity contribution in [3.63, 3.8) is 0 Å². The SMILES string of the molecule is CC(C)(C)N1C2CCC1CN(CN1C[C@H]3C[C@@H]1CN3C(C)(C)C)C2. The lowest BCUT2D eigenvalue weighted by Crippen LogP contribution is -2.62. The Morgan fingerprint density at radius 3 is 1.79 bits per heavy atom. The molecule has 138 valence electrons. The van der Waals surface area contributed by atoms with Gasteiger partial charge >= 0.3 is 0 Å². The third-order valence-corrected chi connectivity index (χ3v) is 6.93. The van der Waals surface area contributed by atoms with Crippen molar-refractivity contribution in [3.8, 4) is 0 Å². The summed E-state index contributed by atoms with van der Waals surface area (Å²) in [5, 5.41) is 0. The summed E-state index contributed by atoms with van der Waals surface area (Å²) in [4.78, 5) is 11.1. The summed E-state index contributed by atoms with van der Waals surface area (Å²) in [6.45, 7) is 20.7. The molecule has 0 spiro atoms. The van der Waals surface area contributed by atoms with E-state index in [4.69, 9.17) is 0 Å². The van der Waals surface area contributed by atoms with Crippen LogP contribution >= 0.6 is 0 Å². The average molecular weight is 335 g/mol. The molecule has 4 bridgehead atoms. The average Bonchev–Trinajstić information content (AvgIpc) is 3.09. The number of piperazine rings is 2. The third-order valence-electron chi connectivity index (χ3n) is 6.93. The molecule has 4 heterocycles. The van der Waals surface area contributed by atoms with E-state index in [1.54, 1.807) is 0 Å². The molecular weight excluding hydrogens is 296 g/mol. The highest BCUT2D eigenvalue weighted by molar-refractivity contribution is 5.05. The summed E-state index contributed by atoms with van der Waals surface area (Å²) in [6, 6.07) is 3.17. The first kappa shape index (κ1) is 17.3. The number of hydrogen-bond acceptors (Lipinski definition) is 4. The van der Waals surface area contributed by atoms with Crippen LogP contribution in [0.3, 0.4) is 0 Å². The molecule has 2 unspecified atom stereocenters. The van der Waals surface area contributed by atoms with Crippen LogP contribution in [-0.4, -0.2) is 87.7 Å². The van der Waals surface area contributed by atoms with Crippen molar-refractivity contribution < 1.29 is 0 Å². The Morgan fingerprint density at radius 1 is 0.708 bits per heavy atom. The van der Waals surface area contributed by atoms with Gasteiger partial charge in [-0.2, -0.15) is 0 Å². The van der Waals surface area contributed by atoms with Gasteiger partial charge in [-0.15, -0.1) is 0 Å². The lowest BCUT2D eigenvalue weighted by Gasteiger charge is -2.49. The minimum atomic E-state index is 0.331. The van der Waals surface area contributed by atoms with E-state index in [1.165, 1.54) is 52.1 Å². The molecule has 0 aromatic carbocycles. The molecule has 0 aromatic heterocycles. The smallest absolute Gasteiger partial charge is 0.0511 e. The van der Waals surface area contributed by atoms with Gasteiger partial charge in [0.2, 0.25) is 0 Å². The highest BCUT2D eigenvalue weighted by Gasteiger charge is 2.49. The van der Waals surface area contributed by atoms with Crippen LogP contribution in [0.25, 0.3) is 0 Å². The predicted octanol–water partition coefficient (Wildman–Crippen LogP) is 2.45. The van der Waals surface area contributed by atoms with Crippen molar-refractivity contribution in [3.05, 3.63) is 0 Å². The summed E-state index contributed by atoms with van der Waals surface area (Å²) in [5.74, 6) is 0. The monoisotopic (exact) mass is 334 g/mol. The lowest BCUT2D eigenvalue weighted by molar-refractivity contribution is -0.0299. The van der Waals surface area contributed by atoms with Gasteiger partial charge < -0.3 is 0 Å². The first-order valence-corrected chi connectivity index (χ1v) is 10.1. The molecule has 4 heteroatoms. The molecule has 24 heavy (non-hydrogen) atoms. The molecule has 0 radical (unpaired) electrons. The van der Waals surface area contributed by atoms with Crippen LogP contribution in [0.15, 0.2) is 0 Å². The van der Waals surface area contributed by atoms with E-state index >= 15 is 0 Å². The van der Waals surface area contributed by atoms with Crippen molar-refractivity contribution in [2.24, 2.45) is 0 Å². The van der Waals surface area contributed by atoms with E-state index in [0.717, 1.165) is 24.2 Å². The summed E-state index contributed by atoms with van der Waals surface area (Å²) in [6.07, 6.45) is 4.21. The van der Waals surface area contributed by atoms with Crippen molar-refractivity contribution in [1.29, 1.82) is 0 Å². The van der Waals surface area contributed by atoms with Crippen molar-refractivity contribution in [2.45, 2.75) is 96.1 Å². The standard InChI is InChI=1S/C20H38N4/c1-19(2,3)23-13-17-9-18(23)12-22(17)14-21-10-15-7-8-16(11-21)24(15)20(4,5)6/h15-18H,7-14H2,1-6H3/t15?,16?,17-,18-/m1/s1. The molecular formula is C20H38N4. The number of rotatable bonds is 2. The van der Waals surface area contributed by atoms with Crippen LogP contribution < -0.4 is 0 Å². The Bertz CT molecular complexity index is 463. The lowest BCUT2D eigenvalue weighted by atomic mass is 10.0. The zero-order chi connectivity index (χ0) is 17.3. The van der Waals surface area contributed by atoms with Gasteiger partial charge in [-0.05, 0) is 60.8 Å². The van der Waals surface area contributed by atoms with Gasteiger partial charge in [0.1, 0.15) is 0 Å². The van der Waals surface area contributed by atoms with Crippen LogP contribution in [0.1, 0.15) is 60.8 Å². The largest absolute Gasteiger partial charge is 0.293 e. The Kier molecular flexibility index (Phi) is 4.08. The van der Waals surface area contributed by atoms with Gasteiger partial charge in [0.05, 0.1) is 6.67 Å². The van der Waals surface area contributed by atoms with Gasteiger partial charge in [0.25, 0.3) is 0 Å². The van der Waals surface area contributed by atoms with E-state index < -0.39 is 0 Å². The molecule has 0 amide bonds. The fourth-order valence-corrected chi connectivity index (χ4v) is 6.20. The second-order valence-electron chi connectivity index (χ2n) is 10.8. The van der Waals surface area contributed by atoms with Gasteiger partial charge in [-0.1, -0.05) is 0 Å². The molecule has 4 aliphatic heterocycles. The van der Waals surface area contributed by atoms with Crippen molar-refractivity contribution in [2.75, 3.05) is 32.8 Å². The second kappa shape index (κ2) is 5.67. The maximum Gasteiger partial charge on any atom is 0.0511 e. The minimum absolute atomic E-state index is 0.331. The minimum Gasteiger partial charge on any atom is -0.293 e. The highest BCUT2D eigenvalue weighted by atomic mass is 15.4. The summed E-state index contributed by atoms with van der Waals surface area (Å²) >= 11 is 0. The van der Waals surface area contributed by atoms with E-state index in [0.29, 0.717) is 11.1 Å². The highest BCUT2D eigenvalue weighted by Crippen LogP contribution is 2.38. The molecule has 4 rings (SSSR count). The van der Waals surface area contributed by atoms with Crippen LogP contribution in [-0.2, 0) is 0 Å². The van der Waals surface area contributed by atoms with Gasteiger partial charge in [0, 0.05) is 61.4 Å². The van der Waals surface area contributed by atoms with Crippen LogP contribution in [0.4, 0.5) is 0 Å². The predicted molar refractivity (Wildman–Crippen MR) is 100 cm³/mol. The molecule has 4 aliphatic rings. The molecule has 4 fully saturated rings. The van der Waals surface area contributed by atoms with E-state index in [-0.39, 0.29) is 0 Å². The number of hydrogen-bond donors (Lipinski definition) is 0. The van der Waals surface area contributed by atoms with Crippen LogP contribution in [0.5, 0.6) is 0 Å². The molecule has 0 aliphatic carbocycles.